The summed E-state index contributed by atoms with van der Waals surface area (Å²) >= 11 is 3.59. The first-order chi connectivity index (χ1) is 8.69. The number of methoxy groups -OCH3 is 2. The van der Waals surface area contributed by atoms with Crippen LogP contribution in [0, 0.1) is 6.92 Å². The number of halogens is 1. The summed E-state index contributed by atoms with van der Waals surface area (Å²) < 4.78 is 11.9. The average molecular weight is 314 g/mol. The molecule has 0 spiro atoms. The van der Waals surface area contributed by atoms with Gasteiger partial charge in [-0.15, -0.1) is 0 Å². The monoisotopic (exact) mass is 313 g/mol. The van der Waals surface area contributed by atoms with Crippen LogP contribution in [0.25, 0.3) is 0 Å². The predicted octanol–water partition coefficient (Wildman–Crippen LogP) is 3.59. The van der Waals surface area contributed by atoms with Crippen molar-refractivity contribution in [1.29, 1.82) is 0 Å². The molecule has 1 fully saturated rings. The fourth-order valence-electron chi connectivity index (χ4n) is 2.60. The molecular weight excluding hydrogens is 294 g/mol. The fourth-order valence-corrected chi connectivity index (χ4v) is 3.47. The van der Waals surface area contributed by atoms with Crippen molar-refractivity contribution in [3.8, 4) is 11.5 Å². The normalized spacial score (nSPS) is 19.7. The molecule has 0 amide bonds. The van der Waals surface area contributed by atoms with Gasteiger partial charge in [0, 0.05) is 11.6 Å². The molecule has 1 N–H and O–H groups in total. The Balaban J connectivity index is 2.45. The molecule has 4 heteroatoms. The topological polar surface area (TPSA) is 30.5 Å². The van der Waals surface area contributed by atoms with Gasteiger partial charge in [-0.1, -0.05) is 6.42 Å². The summed E-state index contributed by atoms with van der Waals surface area (Å²) in [7, 11) is 3.40. The molecule has 1 aromatic rings. The minimum Gasteiger partial charge on any atom is -0.495 e. The molecular formula is C14H20BrNO2. The van der Waals surface area contributed by atoms with E-state index in [1.807, 2.05) is 0 Å². The summed E-state index contributed by atoms with van der Waals surface area (Å²) in [6.45, 7) is 3.14. The van der Waals surface area contributed by atoms with E-state index in [-0.39, 0.29) is 0 Å². The maximum Gasteiger partial charge on any atom is 0.141 e. The second-order valence-electron chi connectivity index (χ2n) is 4.67. The quantitative estimate of drug-likeness (QED) is 0.925. The van der Waals surface area contributed by atoms with E-state index in [2.05, 4.69) is 34.2 Å². The van der Waals surface area contributed by atoms with Crippen molar-refractivity contribution in [2.75, 3.05) is 20.8 Å². The molecule has 1 saturated heterocycles. The second kappa shape index (κ2) is 5.93. The molecule has 0 aromatic heterocycles. The van der Waals surface area contributed by atoms with Crippen LogP contribution >= 0.6 is 15.9 Å². The third-order valence-electron chi connectivity index (χ3n) is 3.49. The Bertz CT molecular complexity index is 428. The van der Waals surface area contributed by atoms with Crippen molar-refractivity contribution in [2.24, 2.45) is 0 Å². The molecule has 1 unspecified atom stereocenters. The summed E-state index contributed by atoms with van der Waals surface area (Å²) in [6, 6.07) is 2.56. The molecule has 1 heterocycles. The van der Waals surface area contributed by atoms with Crippen LogP contribution < -0.4 is 14.8 Å². The maximum absolute atomic E-state index is 5.56. The van der Waals surface area contributed by atoms with E-state index in [1.54, 1.807) is 14.2 Å². The Kier molecular flexibility index (Phi) is 4.51. The van der Waals surface area contributed by atoms with Crippen molar-refractivity contribution in [3.63, 3.8) is 0 Å². The molecule has 0 bridgehead atoms. The zero-order chi connectivity index (χ0) is 13.1. The van der Waals surface area contributed by atoms with Crippen LogP contribution in [0.4, 0.5) is 0 Å². The Labute approximate surface area is 117 Å². The highest BCUT2D eigenvalue weighted by atomic mass is 79.9. The molecule has 1 aromatic carbocycles. The first-order valence-electron chi connectivity index (χ1n) is 6.33. The van der Waals surface area contributed by atoms with Crippen LogP contribution in [0.5, 0.6) is 11.5 Å². The summed E-state index contributed by atoms with van der Waals surface area (Å²) in [6.07, 6.45) is 3.69. The predicted molar refractivity (Wildman–Crippen MR) is 76.6 cm³/mol. The van der Waals surface area contributed by atoms with Gasteiger partial charge in [-0.3, -0.25) is 0 Å². The second-order valence-corrected chi connectivity index (χ2v) is 5.46. The Morgan fingerprint density at radius 2 is 1.94 bits per heavy atom. The van der Waals surface area contributed by atoms with Crippen molar-refractivity contribution < 1.29 is 9.47 Å². The van der Waals surface area contributed by atoms with Crippen molar-refractivity contribution in [2.45, 2.75) is 32.2 Å². The highest BCUT2D eigenvalue weighted by Gasteiger charge is 2.23. The standard InChI is InChI=1S/C14H20BrNO2/c1-9-8-10(11-6-4-5-7-16-11)14(18-3)12(15)13(9)17-2/h8,11,16H,4-7H2,1-3H3. The first kappa shape index (κ1) is 13.7. The number of aryl methyl sites for hydroxylation is 1. The van der Waals surface area contributed by atoms with Crippen molar-refractivity contribution >= 4 is 15.9 Å². The van der Waals surface area contributed by atoms with Gasteiger partial charge in [0.1, 0.15) is 16.0 Å². The lowest BCUT2D eigenvalue weighted by molar-refractivity contribution is 0.362. The van der Waals surface area contributed by atoms with E-state index >= 15 is 0 Å². The van der Waals surface area contributed by atoms with E-state index in [1.165, 1.54) is 18.4 Å². The summed E-state index contributed by atoms with van der Waals surface area (Å²) in [5.41, 5.74) is 2.36. The zero-order valence-electron chi connectivity index (χ0n) is 11.2. The largest absolute Gasteiger partial charge is 0.495 e. The lowest BCUT2D eigenvalue weighted by atomic mass is 9.95. The van der Waals surface area contributed by atoms with Gasteiger partial charge in [-0.2, -0.15) is 0 Å². The first-order valence-corrected chi connectivity index (χ1v) is 7.12. The number of hydrogen-bond donors (Lipinski definition) is 1. The third kappa shape index (κ3) is 2.50. The van der Waals surface area contributed by atoms with Gasteiger partial charge >= 0.3 is 0 Å². The minimum atomic E-state index is 0.384. The van der Waals surface area contributed by atoms with Gasteiger partial charge in [0.2, 0.25) is 0 Å². The van der Waals surface area contributed by atoms with Crippen molar-refractivity contribution in [3.05, 3.63) is 21.7 Å². The molecule has 100 valence electrons. The number of benzene rings is 1. The third-order valence-corrected chi connectivity index (χ3v) is 4.21. The number of nitrogens with one attached hydrogen (secondary N) is 1. The van der Waals surface area contributed by atoms with Crippen LogP contribution in [0.2, 0.25) is 0 Å². The molecule has 0 radical (unpaired) electrons. The van der Waals surface area contributed by atoms with Gasteiger partial charge < -0.3 is 14.8 Å². The van der Waals surface area contributed by atoms with Gasteiger partial charge in [0.25, 0.3) is 0 Å². The number of piperidine rings is 1. The molecule has 1 atom stereocenters. The Hall–Kier alpha value is -0.740. The van der Waals surface area contributed by atoms with E-state index in [4.69, 9.17) is 9.47 Å². The van der Waals surface area contributed by atoms with E-state index in [0.29, 0.717) is 6.04 Å². The van der Waals surface area contributed by atoms with Gasteiger partial charge in [0.05, 0.1) is 14.2 Å². The van der Waals surface area contributed by atoms with Crippen LogP contribution in [0.1, 0.15) is 36.4 Å². The maximum atomic E-state index is 5.56. The number of ether oxygens (including phenoxy) is 2. The fraction of sp³-hybridized carbons (Fsp3) is 0.571. The van der Waals surface area contributed by atoms with Gasteiger partial charge in [-0.25, -0.2) is 0 Å². The van der Waals surface area contributed by atoms with Gasteiger partial charge in [0.15, 0.2) is 0 Å². The number of hydrogen-bond acceptors (Lipinski definition) is 3. The molecule has 1 aliphatic rings. The molecule has 3 nitrogen and oxygen atoms in total. The van der Waals surface area contributed by atoms with Crippen LogP contribution in [-0.4, -0.2) is 20.8 Å². The number of rotatable bonds is 3. The minimum absolute atomic E-state index is 0.384. The summed E-state index contributed by atoms with van der Waals surface area (Å²) in [5, 5.41) is 3.56. The van der Waals surface area contributed by atoms with Gasteiger partial charge in [-0.05, 0) is 53.9 Å². The summed E-state index contributed by atoms with van der Waals surface area (Å²) in [4.78, 5) is 0. The van der Waals surface area contributed by atoms with Crippen LogP contribution in [0.15, 0.2) is 10.5 Å². The van der Waals surface area contributed by atoms with E-state index < -0.39 is 0 Å². The molecule has 1 aliphatic heterocycles. The van der Waals surface area contributed by atoms with Crippen LogP contribution in [-0.2, 0) is 0 Å². The highest BCUT2D eigenvalue weighted by Crippen LogP contribution is 2.43. The van der Waals surface area contributed by atoms with Crippen molar-refractivity contribution in [1.82, 2.24) is 5.32 Å². The molecule has 18 heavy (non-hydrogen) atoms. The lowest BCUT2D eigenvalue weighted by Crippen LogP contribution is -2.27. The molecule has 0 saturated carbocycles. The van der Waals surface area contributed by atoms with E-state index in [0.717, 1.165) is 34.5 Å². The van der Waals surface area contributed by atoms with Crippen LogP contribution in [0.3, 0.4) is 0 Å². The molecule has 2 rings (SSSR count). The SMILES string of the molecule is COc1c(C)cc(C2CCCCN2)c(OC)c1Br. The van der Waals surface area contributed by atoms with E-state index in [9.17, 15) is 0 Å². The zero-order valence-corrected chi connectivity index (χ0v) is 12.8. The Morgan fingerprint density at radius 1 is 1.22 bits per heavy atom. The summed E-state index contributed by atoms with van der Waals surface area (Å²) in [5.74, 6) is 1.74. The Morgan fingerprint density at radius 3 is 2.50 bits per heavy atom. The lowest BCUT2D eigenvalue weighted by Gasteiger charge is -2.27. The highest BCUT2D eigenvalue weighted by molar-refractivity contribution is 9.10. The average Bonchev–Trinajstić information content (AvgIpc) is 2.39. The smallest absolute Gasteiger partial charge is 0.141 e. The molecule has 0 aliphatic carbocycles.